The Morgan fingerprint density at radius 2 is 1.84 bits per heavy atom. The van der Waals surface area contributed by atoms with Crippen molar-refractivity contribution in [2.75, 3.05) is 37.8 Å². The van der Waals surface area contributed by atoms with Gasteiger partial charge in [0.2, 0.25) is 17.1 Å². The maximum atomic E-state index is 11.5. The van der Waals surface area contributed by atoms with Crippen LogP contribution in [-0.4, -0.2) is 58.7 Å². The Hall–Kier alpha value is -1.08. The van der Waals surface area contributed by atoms with Crippen molar-refractivity contribution in [2.45, 2.75) is 19.0 Å². The molecule has 106 valence electrons. The van der Waals surface area contributed by atoms with Gasteiger partial charge in [-0.1, -0.05) is 11.8 Å². The molecule has 8 heteroatoms. The van der Waals surface area contributed by atoms with E-state index in [1.165, 1.54) is 16.7 Å². The Bertz CT molecular complexity index is 439. The highest BCUT2D eigenvalue weighted by Gasteiger charge is 2.12. The number of halogens is 1. The molecule has 0 saturated heterocycles. The maximum absolute atomic E-state index is 11.5. The number of thioether (sulfide) groups is 1. The van der Waals surface area contributed by atoms with Crippen molar-refractivity contribution in [3.63, 3.8) is 0 Å². The third-order valence-corrected chi connectivity index (χ3v) is 3.45. The molecule has 0 N–H and O–H groups in total. The van der Waals surface area contributed by atoms with Gasteiger partial charge in [-0.2, -0.15) is 15.0 Å². The molecule has 1 amide bonds. The van der Waals surface area contributed by atoms with Gasteiger partial charge in [0.15, 0.2) is 5.16 Å². The Kier molecular flexibility index (Phi) is 6.30. The fraction of sp³-hybridized carbons (Fsp3) is 0.636. The first kappa shape index (κ1) is 16.0. The first-order valence-corrected chi connectivity index (χ1v) is 7.33. The molecule has 6 nitrogen and oxygen atoms in total. The quantitative estimate of drug-likeness (QED) is 0.743. The predicted octanol–water partition coefficient (Wildman–Crippen LogP) is 1.55. The summed E-state index contributed by atoms with van der Waals surface area (Å²) in [6.45, 7) is 5.61. The van der Waals surface area contributed by atoms with Crippen molar-refractivity contribution in [1.82, 2.24) is 19.9 Å². The topological polar surface area (TPSA) is 62.2 Å². The number of anilines is 1. The Labute approximate surface area is 122 Å². The van der Waals surface area contributed by atoms with Gasteiger partial charge >= 0.3 is 0 Å². The molecule has 1 aromatic heterocycles. The lowest BCUT2D eigenvalue weighted by Gasteiger charge is -2.18. The summed E-state index contributed by atoms with van der Waals surface area (Å²) in [6.07, 6.45) is 0. The second kappa shape index (κ2) is 7.49. The average molecular weight is 304 g/mol. The zero-order valence-corrected chi connectivity index (χ0v) is 13.1. The molecule has 0 atom stereocenters. The second-order valence-corrected chi connectivity index (χ2v) is 5.22. The highest BCUT2D eigenvalue weighted by Crippen LogP contribution is 2.18. The Morgan fingerprint density at radius 3 is 2.37 bits per heavy atom. The first-order chi connectivity index (χ1) is 8.97. The van der Waals surface area contributed by atoms with E-state index in [4.69, 9.17) is 11.6 Å². The molecule has 0 spiro atoms. The van der Waals surface area contributed by atoms with Gasteiger partial charge in [-0.15, -0.1) is 0 Å². The van der Waals surface area contributed by atoms with Crippen molar-refractivity contribution >= 4 is 35.2 Å². The summed E-state index contributed by atoms with van der Waals surface area (Å²) in [5, 5.41) is 0.619. The van der Waals surface area contributed by atoms with Gasteiger partial charge in [0.1, 0.15) is 0 Å². The van der Waals surface area contributed by atoms with E-state index in [0.717, 1.165) is 13.1 Å². The van der Waals surface area contributed by atoms with Gasteiger partial charge in [0.25, 0.3) is 0 Å². The summed E-state index contributed by atoms with van der Waals surface area (Å²) in [5.74, 6) is 0.834. The van der Waals surface area contributed by atoms with E-state index in [0.29, 0.717) is 11.1 Å². The van der Waals surface area contributed by atoms with Crippen molar-refractivity contribution in [2.24, 2.45) is 0 Å². The van der Waals surface area contributed by atoms with Crippen LogP contribution >= 0.6 is 23.4 Å². The van der Waals surface area contributed by atoms with Crippen LogP contribution in [0.2, 0.25) is 5.28 Å². The van der Waals surface area contributed by atoms with Crippen molar-refractivity contribution in [1.29, 1.82) is 0 Å². The first-order valence-electron chi connectivity index (χ1n) is 5.97. The van der Waals surface area contributed by atoms with E-state index < -0.39 is 0 Å². The molecule has 0 aliphatic carbocycles. The summed E-state index contributed by atoms with van der Waals surface area (Å²) < 4.78 is 0. The van der Waals surface area contributed by atoms with E-state index in [9.17, 15) is 4.79 Å². The zero-order valence-electron chi connectivity index (χ0n) is 11.6. The lowest BCUT2D eigenvalue weighted by atomic mass is 10.5. The minimum Gasteiger partial charge on any atom is -0.348 e. The minimum absolute atomic E-state index is 0.00549. The van der Waals surface area contributed by atoms with E-state index in [1.54, 1.807) is 14.1 Å². The highest BCUT2D eigenvalue weighted by atomic mass is 35.5. The monoisotopic (exact) mass is 303 g/mol. The van der Waals surface area contributed by atoms with Crippen molar-refractivity contribution in [3.05, 3.63) is 5.28 Å². The molecule has 0 bridgehead atoms. The molecule has 0 unspecified atom stereocenters. The van der Waals surface area contributed by atoms with Crippen LogP contribution < -0.4 is 4.90 Å². The van der Waals surface area contributed by atoms with E-state index in [1.807, 2.05) is 18.7 Å². The molecule has 19 heavy (non-hydrogen) atoms. The molecule has 0 saturated carbocycles. The molecule has 0 aliphatic rings. The number of nitrogens with zero attached hydrogens (tertiary/aromatic N) is 5. The smallest absolute Gasteiger partial charge is 0.232 e. The minimum atomic E-state index is 0.00549. The number of hydrogen-bond acceptors (Lipinski definition) is 6. The molecule has 0 aliphatic heterocycles. The summed E-state index contributed by atoms with van der Waals surface area (Å²) in [4.78, 5) is 27.5. The van der Waals surface area contributed by atoms with Crippen LogP contribution in [0.1, 0.15) is 13.8 Å². The highest BCUT2D eigenvalue weighted by molar-refractivity contribution is 7.99. The fourth-order valence-electron chi connectivity index (χ4n) is 1.29. The van der Waals surface area contributed by atoms with Gasteiger partial charge in [-0.3, -0.25) is 4.79 Å². The normalized spacial score (nSPS) is 10.4. The zero-order chi connectivity index (χ0) is 14.4. The summed E-state index contributed by atoms with van der Waals surface area (Å²) in [6, 6.07) is 0. The van der Waals surface area contributed by atoms with Gasteiger partial charge in [-0.25, -0.2) is 0 Å². The SMILES string of the molecule is CCN(CC)c1nc(Cl)nc(SCC(=O)N(C)C)n1. The second-order valence-electron chi connectivity index (χ2n) is 3.94. The number of amides is 1. The maximum Gasteiger partial charge on any atom is 0.232 e. The molecule has 1 rings (SSSR count). The van der Waals surface area contributed by atoms with Crippen LogP contribution in [-0.2, 0) is 4.79 Å². The molecule has 1 aromatic rings. The van der Waals surface area contributed by atoms with Gasteiger partial charge < -0.3 is 9.80 Å². The molecular formula is C11H18ClN5OS. The van der Waals surface area contributed by atoms with Gasteiger partial charge in [0.05, 0.1) is 5.75 Å². The number of aromatic nitrogens is 3. The van der Waals surface area contributed by atoms with Gasteiger partial charge in [-0.05, 0) is 25.4 Å². The van der Waals surface area contributed by atoms with E-state index in [-0.39, 0.29) is 16.9 Å². The average Bonchev–Trinajstić information content (AvgIpc) is 2.36. The lowest BCUT2D eigenvalue weighted by molar-refractivity contribution is -0.125. The van der Waals surface area contributed by atoms with Crippen LogP contribution in [0.3, 0.4) is 0 Å². The van der Waals surface area contributed by atoms with Crippen LogP contribution in [0, 0.1) is 0 Å². The Morgan fingerprint density at radius 1 is 1.21 bits per heavy atom. The number of rotatable bonds is 6. The third kappa shape index (κ3) is 4.83. The molecule has 0 fully saturated rings. The van der Waals surface area contributed by atoms with Crippen LogP contribution in [0.4, 0.5) is 5.95 Å². The molecule has 0 radical (unpaired) electrons. The molecule has 0 aromatic carbocycles. The van der Waals surface area contributed by atoms with Crippen LogP contribution in [0.5, 0.6) is 0 Å². The summed E-state index contributed by atoms with van der Waals surface area (Å²) in [5.41, 5.74) is 0. The standard InChI is InChI=1S/C11H18ClN5OS/c1-5-17(6-2)10-13-9(12)14-11(15-10)19-7-8(18)16(3)4/h5-7H2,1-4H3. The summed E-state index contributed by atoms with van der Waals surface area (Å²) in [7, 11) is 3.43. The van der Waals surface area contributed by atoms with Crippen LogP contribution in [0.25, 0.3) is 0 Å². The van der Waals surface area contributed by atoms with Crippen LogP contribution in [0.15, 0.2) is 5.16 Å². The molecule has 1 heterocycles. The third-order valence-electron chi connectivity index (χ3n) is 2.45. The summed E-state index contributed by atoms with van der Waals surface area (Å²) >= 11 is 7.15. The predicted molar refractivity (Wildman–Crippen MR) is 77.8 cm³/mol. The number of hydrogen-bond donors (Lipinski definition) is 0. The van der Waals surface area contributed by atoms with Crippen molar-refractivity contribution < 1.29 is 4.79 Å². The number of carbonyl (C=O) groups is 1. The van der Waals surface area contributed by atoms with E-state index in [2.05, 4.69) is 15.0 Å². The van der Waals surface area contributed by atoms with E-state index >= 15 is 0 Å². The lowest BCUT2D eigenvalue weighted by Crippen LogP contribution is -2.25. The van der Waals surface area contributed by atoms with Crippen molar-refractivity contribution in [3.8, 4) is 0 Å². The Balaban J connectivity index is 2.82. The van der Waals surface area contributed by atoms with Gasteiger partial charge in [0, 0.05) is 27.2 Å². The fourth-order valence-corrected chi connectivity index (χ4v) is 2.30. The largest absolute Gasteiger partial charge is 0.348 e. The number of carbonyl (C=O) groups excluding carboxylic acids is 1. The molecular weight excluding hydrogens is 286 g/mol.